The van der Waals surface area contributed by atoms with Gasteiger partial charge in [0.2, 0.25) is 0 Å². The van der Waals surface area contributed by atoms with Crippen LogP contribution < -0.4 is 5.56 Å². The molecule has 2 nitrogen and oxygen atoms in total. The third kappa shape index (κ3) is 2.13. The summed E-state index contributed by atoms with van der Waals surface area (Å²) in [6.45, 7) is 5.92. The van der Waals surface area contributed by atoms with Crippen LogP contribution in [0.2, 0.25) is 0 Å². The van der Waals surface area contributed by atoms with Gasteiger partial charge in [0.15, 0.2) is 0 Å². The fraction of sp³-hybridized carbons (Fsp3) is 0.417. The van der Waals surface area contributed by atoms with Crippen molar-refractivity contribution in [3.05, 3.63) is 39.3 Å². The largest absolute Gasteiger partial charge is 0.326 e. The van der Waals surface area contributed by atoms with Gasteiger partial charge < -0.3 is 4.98 Å². The van der Waals surface area contributed by atoms with Gasteiger partial charge in [-0.2, -0.15) is 0 Å². The lowest BCUT2D eigenvalue weighted by Crippen LogP contribution is -2.15. The molecule has 0 amide bonds. The molecule has 0 spiro atoms. The molecule has 0 unspecified atom stereocenters. The van der Waals surface area contributed by atoms with Crippen LogP contribution in [0.5, 0.6) is 0 Å². The minimum Gasteiger partial charge on any atom is -0.326 e. The van der Waals surface area contributed by atoms with E-state index in [0.29, 0.717) is 0 Å². The molecule has 0 atom stereocenters. The van der Waals surface area contributed by atoms with Crippen LogP contribution in [0, 0.1) is 6.92 Å². The molecule has 0 saturated carbocycles. The van der Waals surface area contributed by atoms with Gasteiger partial charge in [0.25, 0.3) is 5.56 Å². The summed E-state index contributed by atoms with van der Waals surface area (Å²) in [5.74, 6) is 0. The lowest BCUT2D eigenvalue weighted by atomic mass is 9.99. The summed E-state index contributed by atoms with van der Waals surface area (Å²) >= 11 is 0. The maximum Gasteiger partial charge on any atom is 0.255 e. The van der Waals surface area contributed by atoms with E-state index in [9.17, 15) is 4.79 Å². The SMILES string of the molecule is CC.Cc1cc2c(c(=O)[nH]1)C=CCC2. The van der Waals surface area contributed by atoms with Crippen LogP contribution in [-0.2, 0) is 6.42 Å². The van der Waals surface area contributed by atoms with Crippen molar-refractivity contribution in [2.45, 2.75) is 33.6 Å². The number of aryl methyl sites for hydroxylation is 2. The van der Waals surface area contributed by atoms with Crippen LogP contribution >= 0.6 is 0 Å². The molecular formula is C12H17NO. The molecule has 0 aromatic carbocycles. The number of aromatic nitrogens is 1. The van der Waals surface area contributed by atoms with Gasteiger partial charge in [0, 0.05) is 11.3 Å². The number of rotatable bonds is 0. The highest BCUT2D eigenvalue weighted by Crippen LogP contribution is 2.15. The van der Waals surface area contributed by atoms with Gasteiger partial charge >= 0.3 is 0 Å². The van der Waals surface area contributed by atoms with E-state index in [1.165, 1.54) is 5.56 Å². The van der Waals surface area contributed by atoms with E-state index in [1.807, 2.05) is 32.9 Å². The lowest BCUT2D eigenvalue weighted by Gasteiger charge is -2.09. The second-order valence-electron chi connectivity index (χ2n) is 3.16. The first-order valence-electron chi connectivity index (χ1n) is 5.17. The Morgan fingerprint density at radius 3 is 2.79 bits per heavy atom. The fourth-order valence-electron chi connectivity index (χ4n) is 1.60. The predicted octanol–water partition coefficient (Wildman–Crippen LogP) is 2.67. The van der Waals surface area contributed by atoms with Crippen LogP contribution in [-0.4, -0.2) is 4.98 Å². The van der Waals surface area contributed by atoms with E-state index in [-0.39, 0.29) is 5.56 Å². The number of fused-ring (bicyclic) bond motifs is 1. The van der Waals surface area contributed by atoms with Crippen LogP contribution in [0.3, 0.4) is 0 Å². The monoisotopic (exact) mass is 191 g/mol. The molecular weight excluding hydrogens is 174 g/mol. The Hall–Kier alpha value is -1.31. The Balaban J connectivity index is 0.000000461. The zero-order valence-electron chi connectivity index (χ0n) is 9.05. The quantitative estimate of drug-likeness (QED) is 0.672. The van der Waals surface area contributed by atoms with Gasteiger partial charge in [0.1, 0.15) is 0 Å². The summed E-state index contributed by atoms with van der Waals surface area (Å²) in [6, 6.07) is 2.06. The van der Waals surface area contributed by atoms with E-state index in [1.54, 1.807) is 0 Å². The Kier molecular flexibility index (Phi) is 3.69. The molecule has 0 radical (unpaired) electrons. The third-order valence-electron chi connectivity index (χ3n) is 2.16. The highest BCUT2D eigenvalue weighted by Gasteiger charge is 2.07. The minimum absolute atomic E-state index is 0.0425. The number of hydrogen-bond donors (Lipinski definition) is 1. The molecule has 0 saturated heterocycles. The Labute approximate surface area is 84.7 Å². The first kappa shape index (κ1) is 10.8. The number of nitrogens with one attached hydrogen (secondary N) is 1. The standard InChI is InChI=1S/C10H11NO.C2H6/c1-7-6-8-4-2-3-5-9(8)10(12)11-7;1-2/h3,5-6H,2,4H2,1H3,(H,11,12);1-2H3. The zero-order valence-corrected chi connectivity index (χ0v) is 9.05. The van der Waals surface area contributed by atoms with Crippen LogP contribution in [0.25, 0.3) is 6.08 Å². The van der Waals surface area contributed by atoms with E-state index in [4.69, 9.17) is 0 Å². The number of hydrogen-bond acceptors (Lipinski definition) is 1. The molecule has 2 rings (SSSR count). The molecule has 1 aliphatic carbocycles. The van der Waals surface area contributed by atoms with Crippen molar-refractivity contribution in [2.24, 2.45) is 0 Å². The summed E-state index contributed by atoms with van der Waals surface area (Å²) < 4.78 is 0. The summed E-state index contributed by atoms with van der Waals surface area (Å²) in [4.78, 5) is 14.2. The minimum atomic E-state index is 0.0425. The molecule has 14 heavy (non-hydrogen) atoms. The van der Waals surface area contributed by atoms with Crippen molar-refractivity contribution in [1.82, 2.24) is 4.98 Å². The van der Waals surface area contributed by atoms with Gasteiger partial charge in [0.05, 0.1) is 0 Å². The second kappa shape index (κ2) is 4.80. The Morgan fingerprint density at radius 1 is 1.36 bits per heavy atom. The highest BCUT2D eigenvalue weighted by molar-refractivity contribution is 5.55. The van der Waals surface area contributed by atoms with Gasteiger partial charge in [-0.05, 0) is 31.4 Å². The van der Waals surface area contributed by atoms with Gasteiger partial charge in [-0.3, -0.25) is 4.79 Å². The van der Waals surface area contributed by atoms with Crippen molar-refractivity contribution in [1.29, 1.82) is 0 Å². The number of pyridine rings is 1. The van der Waals surface area contributed by atoms with Crippen molar-refractivity contribution < 1.29 is 0 Å². The second-order valence-corrected chi connectivity index (χ2v) is 3.16. The van der Waals surface area contributed by atoms with Crippen molar-refractivity contribution >= 4 is 6.08 Å². The number of allylic oxidation sites excluding steroid dienone is 1. The Morgan fingerprint density at radius 2 is 2.07 bits per heavy atom. The van der Waals surface area contributed by atoms with E-state index < -0.39 is 0 Å². The number of aromatic amines is 1. The molecule has 0 fully saturated rings. The van der Waals surface area contributed by atoms with Crippen LogP contribution in [0.15, 0.2) is 16.9 Å². The van der Waals surface area contributed by atoms with Gasteiger partial charge in [-0.1, -0.05) is 26.0 Å². The molecule has 1 aromatic rings. The first-order chi connectivity index (χ1) is 6.77. The molecule has 0 bridgehead atoms. The summed E-state index contributed by atoms with van der Waals surface area (Å²) in [5.41, 5.74) is 3.01. The van der Waals surface area contributed by atoms with Gasteiger partial charge in [-0.15, -0.1) is 0 Å². The molecule has 1 N–H and O–H groups in total. The van der Waals surface area contributed by atoms with Crippen LogP contribution in [0.4, 0.5) is 0 Å². The smallest absolute Gasteiger partial charge is 0.255 e. The number of H-pyrrole nitrogens is 1. The zero-order chi connectivity index (χ0) is 10.6. The maximum atomic E-state index is 11.4. The average molecular weight is 191 g/mol. The molecule has 0 aliphatic heterocycles. The van der Waals surface area contributed by atoms with Crippen LogP contribution in [0.1, 0.15) is 37.1 Å². The van der Waals surface area contributed by atoms with Gasteiger partial charge in [-0.25, -0.2) is 0 Å². The van der Waals surface area contributed by atoms with E-state index >= 15 is 0 Å². The summed E-state index contributed by atoms with van der Waals surface area (Å²) in [7, 11) is 0. The topological polar surface area (TPSA) is 32.9 Å². The van der Waals surface area contributed by atoms with E-state index in [0.717, 1.165) is 24.1 Å². The maximum absolute atomic E-state index is 11.4. The lowest BCUT2D eigenvalue weighted by molar-refractivity contribution is 0.956. The average Bonchev–Trinajstić information content (AvgIpc) is 2.20. The highest BCUT2D eigenvalue weighted by atomic mass is 16.1. The molecule has 76 valence electrons. The summed E-state index contributed by atoms with van der Waals surface area (Å²) in [6.07, 6.45) is 6.01. The molecule has 1 heterocycles. The third-order valence-corrected chi connectivity index (χ3v) is 2.16. The van der Waals surface area contributed by atoms with E-state index in [2.05, 4.69) is 11.1 Å². The molecule has 2 heteroatoms. The molecule has 1 aromatic heterocycles. The predicted molar refractivity (Wildman–Crippen MR) is 60.5 cm³/mol. The van der Waals surface area contributed by atoms with Crippen molar-refractivity contribution in [3.8, 4) is 0 Å². The molecule has 1 aliphatic rings. The van der Waals surface area contributed by atoms with Crippen molar-refractivity contribution in [2.75, 3.05) is 0 Å². The first-order valence-corrected chi connectivity index (χ1v) is 5.17. The van der Waals surface area contributed by atoms with Crippen molar-refractivity contribution in [3.63, 3.8) is 0 Å². The Bertz CT molecular complexity index is 388. The summed E-state index contributed by atoms with van der Waals surface area (Å²) in [5, 5.41) is 0. The fourth-order valence-corrected chi connectivity index (χ4v) is 1.60. The normalized spacial score (nSPS) is 12.8.